The van der Waals surface area contributed by atoms with E-state index < -0.39 is 0 Å². The fraction of sp³-hybridized carbons (Fsp3) is 0.467. The third-order valence-corrected chi connectivity index (χ3v) is 3.07. The summed E-state index contributed by atoms with van der Waals surface area (Å²) in [5.41, 5.74) is 0.625. The van der Waals surface area contributed by atoms with Crippen LogP contribution in [0.25, 0.3) is 5.82 Å². The maximum Gasteiger partial charge on any atom is 0.174 e. The van der Waals surface area contributed by atoms with Gasteiger partial charge in [-0.1, -0.05) is 20.8 Å². The second-order valence-electron chi connectivity index (χ2n) is 5.11. The number of aromatic nitrogens is 3. The topological polar surface area (TPSA) is 42.7 Å². The van der Waals surface area contributed by atoms with Crippen molar-refractivity contribution < 1.29 is 4.39 Å². The molecular formula is C15H21FN4. The number of hydrogen-bond acceptors (Lipinski definition) is 3. The monoisotopic (exact) mass is 276 g/mol. The molecule has 0 spiro atoms. The highest BCUT2D eigenvalue weighted by molar-refractivity contribution is 5.32. The van der Waals surface area contributed by atoms with E-state index in [2.05, 4.69) is 22.2 Å². The number of aryl methyl sites for hydroxylation is 1. The summed E-state index contributed by atoms with van der Waals surface area (Å²) < 4.78 is 16.3. The second-order valence-corrected chi connectivity index (χ2v) is 5.11. The largest absolute Gasteiger partial charge is 0.310 e. The summed E-state index contributed by atoms with van der Waals surface area (Å²) in [6.07, 6.45) is 6.86. The molecule has 0 radical (unpaired) electrons. The Morgan fingerprint density at radius 1 is 1.30 bits per heavy atom. The van der Waals surface area contributed by atoms with Crippen molar-refractivity contribution in [1.82, 2.24) is 19.9 Å². The molecule has 1 N–H and O–H groups in total. The predicted molar refractivity (Wildman–Crippen MR) is 77.3 cm³/mol. The zero-order chi connectivity index (χ0) is 14.5. The van der Waals surface area contributed by atoms with Gasteiger partial charge >= 0.3 is 0 Å². The molecule has 4 nitrogen and oxygen atoms in total. The molecule has 2 heterocycles. The lowest BCUT2D eigenvalue weighted by atomic mass is 10.2. The Hall–Kier alpha value is -1.75. The summed E-state index contributed by atoms with van der Waals surface area (Å²) in [7, 11) is 0. The molecule has 0 aliphatic rings. The van der Waals surface area contributed by atoms with Crippen molar-refractivity contribution in [2.75, 3.05) is 0 Å². The number of pyridine rings is 1. The highest BCUT2D eigenvalue weighted by atomic mass is 19.1. The van der Waals surface area contributed by atoms with Gasteiger partial charge in [-0.3, -0.25) is 4.57 Å². The quantitative estimate of drug-likeness (QED) is 0.882. The van der Waals surface area contributed by atoms with Crippen molar-refractivity contribution in [3.05, 3.63) is 41.9 Å². The molecule has 0 fully saturated rings. The van der Waals surface area contributed by atoms with Gasteiger partial charge in [-0.25, -0.2) is 14.4 Å². The van der Waals surface area contributed by atoms with Crippen LogP contribution in [0.3, 0.4) is 0 Å². The van der Waals surface area contributed by atoms with Gasteiger partial charge in [0.2, 0.25) is 0 Å². The van der Waals surface area contributed by atoms with E-state index in [1.165, 1.54) is 0 Å². The molecule has 0 atom stereocenters. The Labute approximate surface area is 119 Å². The molecule has 20 heavy (non-hydrogen) atoms. The van der Waals surface area contributed by atoms with Crippen LogP contribution >= 0.6 is 0 Å². The standard InChI is InChI=1S/C15H21FN4/c1-4-5-13-17-8-9-20(13)15-14(16)12(6-7-18-15)10-19-11(2)3/h6-9,11,19H,4-5,10H2,1-3H3. The predicted octanol–water partition coefficient (Wildman–Crippen LogP) is 2.86. The molecule has 108 valence electrons. The normalized spacial score (nSPS) is 11.2. The molecule has 2 aromatic rings. The zero-order valence-electron chi connectivity index (χ0n) is 12.2. The van der Waals surface area contributed by atoms with Crippen LogP contribution in [-0.4, -0.2) is 20.6 Å². The van der Waals surface area contributed by atoms with Gasteiger partial charge in [0.25, 0.3) is 0 Å². The Morgan fingerprint density at radius 3 is 2.80 bits per heavy atom. The smallest absolute Gasteiger partial charge is 0.174 e. The van der Waals surface area contributed by atoms with E-state index in [-0.39, 0.29) is 5.82 Å². The molecular weight excluding hydrogens is 255 g/mol. The van der Waals surface area contributed by atoms with E-state index in [4.69, 9.17) is 0 Å². The number of halogens is 1. The lowest BCUT2D eigenvalue weighted by Crippen LogP contribution is -2.23. The van der Waals surface area contributed by atoms with E-state index in [1.807, 2.05) is 13.8 Å². The molecule has 0 saturated heterocycles. The fourth-order valence-corrected chi connectivity index (χ4v) is 2.03. The SMILES string of the molecule is CCCc1nccn1-c1nccc(CNC(C)C)c1F. The molecule has 2 aromatic heterocycles. The Morgan fingerprint density at radius 2 is 2.10 bits per heavy atom. The Balaban J connectivity index is 2.32. The van der Waals surface area contributed by atoms with Gasteiger partial charge in [-0.15, -0.1) is 0 Å². The van der Waals surface area contributed by atoms with Gasteiger partial charge in [0.05, 0.1) is 0 Å². The number of hydrogen-bond donors (Lipinski definition) is 1. The van der Waals surface area contributed by atoms with Gasteiger partial charge in [0.1, 0.15) is 5.82 Å². The van der Waals surface area contributed by atoms with Crippen molar-refractivity contribution in [1.29, 1.82) is 0 Å². The number of imidazole rings is 1. The number of nitrogens with zero attached hydrogens (tertiary/aromatic N) is 3. The van der Waals surface area contributed by atoms with Gasteiger partial charge in [0.15, 0.2) is 11.6 Å². The summed E-state index contributed by atoms with van der Waals surface area (Å²) >= 11 is 0. The summed E-state index contributed by atoms with van der Waals surface area (Å²) in [5, 5.41) is 3.22. The number of rotatable bonds is 6. The molecule has 0 aliphatic carbocycles. The molecule has 0 saturated carbocycles. The van der Waals surface area contributed by atoms with Crippen molar-refractivity contribution in [3.8, 4) is 5.82 Å². The first-order valence-electron chi connectivity index (χ1n) is 7.02. The molecule has 0 amide bonds. The first-order chi connectivity index (χ1) is 9.63. The van der Waals surface area contributed by atoms with Crippen LogP contribution in [0.2, 0.25) is 0 Å². The summed E-state index contributed by atoms with van der Waals surface area (Å²) in [6.45, 7) is 6.65. The summed E-state index contributed by atoms with van der Waals surface area (Å²) in [5.74, 6) is 0.887. The average molecular weight is 276 g/mol. The third-order valence-electron chi connectivity index (χ3n) is 3.07. The number of nitrogens with one attached hydrogen (secondary N) is 1. The first-order valence-corrected chi connectivity index (χ1v) is 7.02. The van der Waals surface area contributed by atoms with Crippen molar-refractivity contribution in [3.63, 3.8) is 0 Å². The van der Waals surface area contributed by atoms with Crippen LogP contribution < -0.4 is 5.32 Å². The van der Waals surface area contributed by atoms with E-state index in [9.17, 15) is 4.39 Å². The van der Waals surface area contributed by atoms with Crippen LogP contribution in [-0.2, 0) is 13.0 Å². The molecule has 5 heteroatoms. The summed E-state index contributed by atoms with van der Waals surface area (Å²) in [6, 6.07) is 2.03. The van der Waals surface area contributed by atoms with Gasteiger partial charge < -0.3 is 5.32 Å². The van der Waals surface area contributed by atoms with Crippen LogP contribution in [0.5, 0.6) is 0 Å². The van der Waals surface area contributed by atoms with Crippen LogP contribution in [0.4, 0.5) is 4.39 Å². The van der Waals surface area contributed by atoms with Crippen molar-refractivity contribution in [2.45, 2.75) is 46.2 Å². The molecule has 0 bridgehead atoms. The minimum absolute atomic E-state index is 0.281. The minimum atomic E-state index is -0.281. The maximum absolute atomic E-state index is 14.6. The Bertz CT molecular complexity index is 563. The van der Waals surface area contributed by atoms with Crippen LogP contribution in [0, 0.1) is 5.82 Å². The van der Waals surface area contributed by atoms with E-state index >= 15 is 0 Å². The third kappa shape index (κ3) is 3.22. The highest BCUT2D eigenvalue weighted by Crippen LogP contribution is 2.17. The zero-order valence-corrected chi connectivity index (χ0v) is 12.2. The molecule has 0 aliphatic heterocycles. The average Bonchev–Trinajstić information content (AvgIpc) is 2.86. The summed E-state index contributed by atoms with van der Waals surface area (Å²) in [4.78, 5) is 8.44. The van der Waals surface area contributed by atoms with Crippen molar-refractivity contribution >= 4 is 0 Å². The van der Waals surface area contributed by atoms with Gasteiger partial charge in [-0.05, 0) is 12.5 Å². The second kappa shape index (κ2) is 6.61. The first kappa shape index (κ1) is 14.7. The highest BCUT2D eigenvalue weighted by Gasteiger charge is 2.14. The van der Waals surface area contributed by atoms with Gasteiger partial charge in [0, 0.05) is 43.2 Å². The fourth-order valence-electron chi connectivity index (χ4n) is 2.03. The minimum Gasteiger partial charge on any atom is -0.310 e. The lowest BCUT2D eigenvalue weighted by molar-refractivity contribution is 0.544. The maximum atomic E-state index is 14.6. The van der Waals surface area contributed by atoms with E-state index in [1.54, 1.807) is 29.2 Å². The molecule has 2 rings (SSSR count). The van der Waals surface area contributed by atoms with Crippen molar-refractivity contribution in [2.24, 2.45) is 0 Å². The van der Waals surface area contributed by atoms with E-state index in [0.29, 0.717) is 24.0 Å². The molecule has 0 unspecified atom stereocenters. The molecule has 0 aromatic carbocycles. The van der Waals surface area contributed by atoms with Crippen LogP contribution in [0.15, 0.2) is 24.7 Å². The Kier molecular flexibility index (Phi) is 4.84. The lowest BCUT2D eigenvalue weighted by Gasteiger charge is -2.12. The van der Waals surface area contributed by atoms with Crippen LogP contribution in [0.1, 0.15) is 38.6 Å². The van der Waals surface area contributed by atoms with Gasteiger partial charge in [-0.2, -0.15) is 0 Å². The van der Waals surface area contributed by atoms with E-state index in [0.717, 1.165) is 18.7 Å².